The van der Waals surface area contributed by atoms with Gasteiger partial charge >= 0.3 is 0 Å². The molecule has 9 aliphatic rings. The number of piperidine rings is 2. The Morgan fingerprint density at radius 2 is 2.09 bits per heavy atom. The zero-order valence-electron chi connectivity index (χ0n) is 13.6. The Kier molecular flexibility index (Phi) is 1.64. The van der Waals surface area contributed by atoms with Crippen LogP contribution in [0, 0.1) is 39.9 Å². The van der Waals surface area contributed by atoms with Crippen molar-refractivity contribution in [2.24, 2.45) is 39.9 Å². The fraction of sp³-hybridized carbons (Fsp3) is 0.900. The lowest BCUT2D eigenvalue weighted by Gasteiger charge is -2.64. The van der Waals surface area contributed by atoms with E-state index in [1.807, 2.05) is 0 Å². The van der Waals surface area contributed by atoms with Crippen LogP contribution in [0.25, 0.3) is 0 Å². The number of hydrogen-bond acceptors (Lipinski definition) is 2. The third-order valence-corrected chi connectivity index (χ3v) is 10.3. The molecule has 22 heavy (non-hydrogen) atoms. The average Bonchev–Trinajstić information content (AvgIpc) is 2.90. The van der Waals surface area contributed by atoms with Crippen molar-refractivity contribution in [2.45, 2.75) is 63.6 Å². The second-order valence-corrected chi connectivity index (χ2v) is 10.4. The summed E-state index contributed by atoms with van der Waals surface area (Å²) in [5, 5.41) is 11.2. The second-order valence-electron chi connectivity index (χ2n) is 10.4. The Morgan fingerprint density at radius 3 is 2.95 bits per heavy atom. The van der Waals surface area contributed by atoms with Gasteiger partial charge in [-0.2, -0.15) is 0 Å². The van der Waals surface area contributed by atoms with Gasteiger partial charge in [0.25, 0.3) is 0 Å². The van der Waals surface area contributed by atoms with Crippen LogP contribution in [-0.4, -0.2) is 34.7 Å². The first kappa shape index (κ1) is 12.1. The number of aliphatic hydroxyl groups excluding tert-OH is 1. The molecule has 2 spiro atoms. The molecule has 9 fully saturated rings. The topological polar surface area (TPSA) is 23.5 Å². The van der Waals surface area contributed by atoms with E-state index in [4.69, 9.17) is 0 Å². The molecular formula is C20H27NO. The predicted octanol–water partition coefficient (Wildman–Crippen LogP) is 2.82. The minimum atomic E-state index is -0.172. The second kappa shape index (κ2) is 2.99. The van der Waals surface area contributed by atoms with Gasteiger partial charge in [-0.3, -0.25) is 4.90 Å². The van der Waals surface area contributed by atoms with E-state index in [9.17, 15) is 5.11 Å². The van der Waals surface area contributed by atoms with Crippen molar-refractivity contribution >= 4 is 0 Å². The summed E-state index contributed by atoms with van der Waals surface area (Å²) < 4.78 is 0. The molecule has 9 bridgehead atoms. The van der Waals surface area contributed by atoms with Gasteiger partial charge in [0.2, 0.25) is 0 Å². The van der Waals surface area contributed by atoms with Crippen LogP contribution in [0.4, 0.5) is 0 Å². The lowest BCUT2D eigenvalue weighted by Crippen LogP contribution is -2.63. The van der Waals surface area contributed by atoms with E-state index in [-0.39, 0.29) is 11.5 Å². The molecule has 0 aromatic carbocycles. The third-order valence-electron chi connectivity index (χ3n) is 10.3. The van der Waals surface area contributed by atoms with Crippen molar-refractivity contribution in [2.75, 3.05) is 6.54 Å². The zero-order chi connectivity index (χ0) is 14.6. The quantitative estimate of drug-likeness (QED) is 0.695. The molecule has 118 valence electrons. The van der Waals surface area contributed by atoms with E-state index in [0.717, 1.165) is 29.8 Å². The number of aliphatic hydroxyl groups is 1. The fourth-order valence-electron chi connectivity index (χ4n) is 10.4. The van der Waals surface area contributed by atoms with Crippen molar-refractivity contribution in [1.82, 2.24) is 4.90 Å². The molecule has 9 rings (SSSR count). The minimum Gasteiger partial charge on any atom is -0.388 e. The van der Waals surface area contributed by atoms with Gasteiger partial charge in [0.05, 0.1) is 6.10 Å². The van der Waals surface area contributed by atoms with Crippen molar-refractivity contribution in [3.63, 3.8) is 0 Å². The first-order chi connectivity index (χ1) is 10.5. The van der Waals surface area contributed by atoms with E-state index >= 15 is 0 Å². The molecule has 3 heterocycles. The van der Waals surface area contributed by atoms with Gasteiger partial charge in [-0.05, 0) is 72.2 Å². The van der Waals surface area contributed by atoms with E-state index in [0.29, 0.717) is 16.7 Å². The van der Waals surface area contributed by atoms with Crippen LogP contribution in [0.15, 0.2) is 12.2 Å². The Morgan fingerprint density at radius 1 is 1.23 bits per heavy atom. The molecular weight excluding hydrogens is 270 g/mol. The van der Waals surface area contributed by atoms with Crippen molar-refractivity contribution in [3.05, 3.63) is 12.2 Å². The summed E-state index contributed by atoms with van der Waals surface area (Å²) in [7, 11) is 0. The maximum Gasteiger partial charge on any atom is 0.0813 e. The maximum atomic E-state index is 11.2. The molecule has 6 aliphatic carbocycles. The van der Waals surface area contributed by atoms with Crippen molar-refractivity contribution in [3.8, 4) is 0 Å². The zero-order valence-corrected chi connectivity index (χ0v) is 13.6. The van der Waals surface area contributed by atoms with Crippen LogP contribution in [0.1, 0.15) is 45.4 Å². The standard InChI is InChI=1S/C20H27NO/c1-10-11-6-12-16-19-5-3-4-18(2)9-21(16)13(15(18)19)8-20(12,17(10)22)14(19)7-11/h11-17,22H,1,3-9H2,2H3/t11?,12-,13+,14?,15-,16?,17?,18+,19?,20-/m1/s1. The Balaban J connectivity index is 1.53. The van der Waals surface area contributed by atoms with Crippen LogP contribution in [-0.2, 0) is 0 Å². The molecule has 0 aromatic rings. The molecule has 6 unspecified atom stereocenters. The molecule has 2 nitrogen and oxygen atoms in total. The highest BCUT2D eigenvalue weighted by Gasteiger charge is 2.87. The van der Waals surface area contributed by atoms with Gasteiger partial charge in [0.15, 0.2) is 0 Å². The van der Waals surface area contributed by atoms with Gasteiger partial charge in [-0.1, -0.05) is 19.9 Å². The van der Waals surface area contributed by atoms with Gasteiger partial charge in [-0.15, -0.1) is 0 Å². The predicted molar refractivity (Wildman–Crippen MR) is 84.1 cm³/mol. The number of fused-ring (bicyclic) bond motifs is 1. The summed E-state index contributed by atoms with van der Waals surface area (Å²) in [6.45, 7) is 8.32. The minimum absolute atomic E-state index is 0.172. The average molecular weight is 297 g/mol. The first-order valence-corrected chi connectivity index (χ1v) is 9.66. The van der Waals surface area contributed by atoms with E-state index in [2.05, 4.69) is 18.4 Å². The number of rotatable bonds is 0. The van der Waals surface area contributed by atoms with Crippen LogP contribution in [0.3, 0.4) is 0 Å². The molecule has 2 heteroatoms. The van der Waals surface area contributed by atoms with E-state index < -0.39 is 0 Å². The van der Waals surface area contributed by atoms with Crippen LogP contribution in [0.5, 0.6) is 0 Å². The van der Waals surface area contributed by atoms with Crippen molar-refractivity contribution in [1.29, 1.82) is 0 Å². The molecule has 6 saturated carbocycles. The summed E-state index contributed by atoms with van der Waals surface area (Å²) >= 11 is 0. The summed E-state index contributed by atoms with van der Waals surface area (Å²) in [5.74, 6) is 3.21. The van der Waals surface area contributed by atoms with Gasteiger partial charge in [0, 0.05) is 24.0 Å². The lowest BCUT2D eigenvalue weighted by atomic mass is 9.40. The highest BCUT2D eigenvalue weighted by atomic mass is 16.3. The summed E-state index contributed by atoms with van der Waals surface area (Å²) in [4.78, 5) is 2.98. The Bertz CT molecular complexity index is 644. The Hall–Kier alpha value is -0.340. The molecule has 0 aromatic heterocycles. The lowest BCUT2D eigenvalue weighted by molar-refractivity contribution is -0.166. The van der Waals surface area contributed by atoms with Gasteiger partial charge < -0.3 is 5.11 Å². The largest absolute Gasteiger partial charge is 0.388 e. The van der Waals surface area contributed by atoms with Gasteiger partial charge in [0.1, 0.15) is 0 Å². The third kappa shape index (κ3) is 0.815. The summed E-state index contributed by atoms with van der Waals surface area (Å²) in [6, 6.07) is 1.64. The molecule has 1 N–H and O–H groups in total. The smallest absolute Gasteiger partial charge is 0.0813 e. The molecule has 0 amide bonds. The highest BCUT2D eigenvalue weighted by Crippen LogP contribution is 2.86. The van der Waals surface area contributed by atoms with E-state index in [1.165, 1.54) is 50.6 Å². The fourth-order valence-corrected chi connectivity index (χ4v) is 10.4. The number of nitrogens with zero attached hydrogens (tertiary/aromatic N) is 1. The van der Waals surface area contributed by atoms with Crippen LogP contribution < -0.4 is 0 Å². The van der Waals surface area contributed by atoms with Crippen LogP contribution in [0.2, 0.25) is 0 Å². The van der Waals surface area contributed by atoms with Crippen molar-refractivity contribution < 1.29 is 5.11 Å². The monoisotopic (exact) mass is 297 g/mol. The normalized spacial score (nSPS) is 75.1. The maximum absolute atomic E-state index is 11.2. The first-order valence-electron chi connectivity index (χ1n) is 9.66. The molecule has 3 aliphatic heterocycles. The SMILES string of the molecule is C=C1C2CC3C45CCC[C@@]6(C)CN7C4[C@@H](C2)[C@@]3(C[C@H]7[C@@H]56)C1O. The molecule has 0 radical (unpaired) electrons. The molecule has 11 atom stereocenters. The van der Waals surface area contributed by atoms with Gasteiger partial charge in [-0.25, -0.2) is 0 Å². The summed E-state index contributed by atoms with van der Waals surface area (Å²) in [6.07, 6.45) is 8.23. The van der Waals surface area contributed by atoms with E-state index in [1.54, 1.807) is 0 Å². The molecule has 3 saturated heterocycles. The Labute approximate surface area is 132 Å². The highest BCUT2D eigenvalue weighted by molar-refractivity contribution is 5.42. The number of hydrogen-bond donors (Lipinski definition) is 1. The summed E-state index contributed by atoms with van der Waals surface area (Å²) in [5.41, 5.74) is 2.65. The van der Waals surface area contributed by atoms with Crippen LogP contribution >= 0.6 is 0 Å².